The first-order valence-corrected chi connectivity index (χ1v) is 6.76. The molecule has 2 rings (SSSR count). The first-order chi connectivity index (χ1) is 7.87. The smallest absolute Gasteiger partial charge is 0.307 e. The van der Waals surface area contributed by atoms with Gasteiger partial charge in [-0.25, -0.2) is 0 Å². The van der Waals surface area contributed by atoms with Crippen LogP contribution < -0.4 is 0 Å². The van der Waals surface area contributed by atoms with Crippen LogP contribution in [0.4, 0.5) is 0 Å². The largest absolute Gasteiger partial charge is 0.454 e. The maximum atomic E-state index is 11.8. The second-order valence-corrected chi connectivity index (χ2v) is 6.50. The monoisotopic (exact) mass is 236 g/mol. The predicted octanol–water partition coefficient (Wildman–Crippen LogP) is 3.85. The Morgan fingerprint density at radius 3 is 2.65 bits per heavy atom. The van der Waals surface area contributed by atoms with Gasteiger partial charge in [0.1, 0.15) is 5.60 Å². The Balaban J connectivity index is 2.50. The topological polar surface area (TPSA) is 26.3 Å². The molecular formula is C15H24O2. The van der Waals surface area contributed by atoms with Gasteiger partial charge in [-0.05, 0) is 25.3 Å². The highest BCUT2D eigenvalue weighted by atomic mass is 16.6. The minimum atomic E-state index is -0.384. The minimum absolute atomic E-state index is 0.0164. The number of allylic oxidation sites excluding steroid dienone is 1. The maximum Gasteiger partial charge on any atom is 0.307 e. The van der Waals surface area contributed by atoms with Crippen LogP contribution in [0.25, 0.3) is 0 Å². The van der Waals surface area contributed by atoms with Gasteiger partial charge in [-0.2, -0.15) is 0 Å². The molecule has 0 aromatic heterocycles. The molecule has 1 saturated heterocycles. The van der Waals surface area contributed by atoms with E-state index in [1.807, 2.05) is 0 Å². The summed E-state index contributed by atoms with van der Waals surface area (Å²) in [5.41, 5.74) is -0.360. The molecule has 2 fully saturated rings. The first kappa shape index (κ1) is 12.7. The summed E-state index contributed by atoms with van der Waals surface area (Å²) in [6, 6.07) is 0. The van der Waals surface area contributed by atoms with E-state index >= 15 is 0 Å². The highest BCUT2D eigenvalue weighted by Crippen LogP contribution is 2.61. The molecule has 0 aromatic rings. The van der Waals surface area contributed by atoms with Crippen molar-refractivity contribution in [3.8, 4) is 0 Å². The van der Waals surface area contributed by atoms with E-state index in [4.69, 9.17) is 4.74 Å². The molecule has 0 amide bonds. The third-order valence-corrected chi connectivity index (χ3v) is 4.83. The Morgan fingerprint density at radius 2 is 2.00 bits per heavy atom. The van der Waals surface area contributed by atoms with Crippen molar-refractivity contribution in [1.29, 1.82) is 0 Å². The Hall–Kier alpha value is -0.790. The van der Waals surface area contributed by atoms with E-state index in [1.54, 1.807) is 0 Å². The van der Waals surface area contributed by atoms with Crippen LogP contribution in [0.5, 0.6) is 0 Å². The van der Waals surface area contributed by atoms with Crippen molar-refractivity contribution in [2.75, 3.05) is 0 Å². The fourth-order valence-electron chi connectivity index (χ4n) is 3.87. The number of hydrogen-bond donors (Lipinski definition) is 0. The molecule has 1 aliphatic carbocycles. The SMILES string of the molecule is CC/C=C/C12OC(=O)CC1(C)CCCC2(C)C. The van der Waals surface area contributed by atoms with Gasteiger partial charge < -0.3 is 4.74 Å². The summed E-state index contributed by atoms with van der Waals surface area (Å²) in [4.78, 5) is 11.8. The molecule has 17 heavy (non-hydrogen) atoms. The number of fused-ring (bicyclic) bond motifs is 1. The van der Waals surface area contributed by atoms with E-state index in [2.05, 4.69) is 39.8 Å². The second-order valence-electron chi connectivity index (χ2n) is 6.50. The summed E-state index contributed by atoms with van der Waals surface area (Å²) in [5, 5.41) is 0. The molecule has 2 heteroatoms. The van der Waals surface area contributed by atoms with Gasteiger partial charge in [0.2, 0.25) is 0 Å². The van der Waals surface area contributed by atoms with Crippen LogP contribution in [0.1, 0.15) is 59.8 Å². The van der Waals surface area contributed by atoms with Crippen molar-refractivity contribution in [2.45, 2.75) is 65.4 Å². The van der Waals surface area contributed by atoms with E-state index in [0.717, 1.165) is 19.3 Å². The molecule has 1 saturated carbocycles. The molecule has 1 heterocycles. The Bertz CT molecular complexity index is 356. The number of carbonyl (C=O) groups is 1. The normalized spacial score (nSPS) is 40.4. The molecule has 0 spiro atoms. The summed E-state index contributed by atoms with van der Waals surface area (Å²) < 4.78 is 5.85. The van der Waals surface area contributed by atoms with Crippen molar-refractivity contribution < 1.29 is 9.53 Å². The van der Waals surface area contributed by atoms with Gasteiger partial charge in [0, 0.05) is 10.8 Å². The first-order valence-electron chi connectivity index (χ1n) is 6.76. The lowest BCUT2D eigenvalue weighted by Gasteiger charge is -2.53. The van der Waals surface area contributed by atoms with Gasteiger partial charge >= 0.3 is 5.97 Å². The molecule has 1 aliphatic heterocycles. The average molecular weight is 236 g/mol. The van der Waals surface area contributed by atoms with Crippen LogP contribution in [0.3, 0.4) is 0 Å². The molecule has 2 nitrogen and oxygen atoms in total. The standard InChI is InChI=1S/C15H24O2/c1-5-6-10-15-13(2,3)8-7-9-14(15,4)11-12(16)17-15/h6,10H,5,7-9,11H2,1-4H3/b10-6+. The summed E-state index contributed by atoms with van der Waals surface area (Å²) in [6.45, 7) is 8.82. The van der Waals surface area contributed by atoms with Gasteiger partial charge in [0.15, 0.2) is 0 Å². The van der Waals surface area contributed by atoms with E-state index in [0.29, 0.717) is 6.42 Å². The fourth-order valence-corrected chi connectivity index (χ4v) is 3.87. The summed E-state index contributed by atoms with van der Waals surface area (Å²) in [6.07, 6.45) is 9.32. The van der Waals surface area contributed by atoms with Crippen LogP contribution >= 0.6 is 0 Å². The molecule has 96 valence electrons. The average Bonchev–Trinajstić information content (AvgIpc) is 2.48. The Labute approximate surface area is 104 Å². The van der Waals surface area contributed by atoms with Crippen LogP contribution in [-0.2, 0) is 9.53 Å². The third-order valence-electron chi connectivity index (χ3n) is 4.83. The van der Waals surface area contributed by atoms with Gasteiger partial charge in [0.25, 0.3) is 0 Å². The number of esters is 1. The summed E-state index contributed by atoms with van der Waals surface area (Å²) >= 11 is 0. The lowest BCUT2D eigenvalue weighted by molar-refractivity contribution is -0.165. The molecule has 2 atom stereocenters. The van der Waals surface area contributed by atoms with Gasteiger partial charge in [0.05, 0.1) is 6.42 Å². The molecular weight excluding hydrogens is 212 g/mol. The highest BCUT2D eigenvalue weighted by Gasteiger charge is 2.64. The minimum Gasteiger partial charge on any atom is -0.454 e. The molecule has 0 radical (unpaired) electrons. The van der Waals surface area contributed by atoms with E-state index in [9.17, 15) is 4.79 Å². The number of carbonyl (C=O) groups excluding carboxylic acids is 1. The quantitative estimate of drug-likeness (QED) is 0.537. The zero-order valence-electron chi connectivity index (χ0n) is 11.5. The lowest BCUT2D eigenvalue weighted by Crippen LogP contribution is -2.55. The van der Waals surface area contributed by atoms with E-state index in [-0.39, 0.29) is 22.4 Å². The Kier molecular flexibility index (Phi) is 2.87. The molecule has 2 unspecified atom stereocenters. The van der Waals surface area contributed by atoms with Gasteiger partial charge in [-0.15, -0.1) is 0 Å². The van der Waals surface area contributed by atoms with Crippen molar-refractivity contribution in [3.63, 3.8) is 0 Å². The summed E-state index contributed by atoms with van der Waals surface area (Å²) in [5.74, 6) is -0.0248. The lowest BCUT2D eigenvalue weighted by atomic mass is 9.53. The molecule has 2 aliphatic rings. The van der Waals surface area contributed by atoms with Crippen molar-refractivity contribution in [3.05, 3.63) is 12.2 Å². The van der Waals surface area contributed by atoms with E-state index in [1.165, 1.54) is 6.42 Å². The van der Waals surface area contributed by atoms with Gasteiger partial charge in [-0.1, -0.05) is 40.2 Å². The number of rotatable bonds is 2. The Morgan fingerprint density at radius 1 is 1.29 bits per heavy atom. The maximum absolute atomic E-state index is 11.8. The zero-order chi connectivity index (χ0) is 12.7. The third kappa shape index (κ3) is 1.64. The highest BCUT2D eigenvalue weighted by molar-refractivity contribution is 5.75. The van der Waals surface area contributed by atoms with Crippen LogP contribution in [0, 0.1) is 10.8 Å². The van der Waals surface area contributed by atoms with Gasteiger partial charge in [-0.3, -0.25) is 4.79 Å². The zero-order valence-corrected chi connectivity index (χ0v) is 11.5. The number of hydrogen-bond acceptors (Lipinski definition) is 2. The predicted molar refractivity (Wildman–Crippen MR) is 68.6 cm³/mol. The van der Waals surface area contributed by atoms with Crippen molar-refractivity contribution in [1.82, 2.24) is 0 Å². The second kappa shape index (κ2) is 3.86. The molecule has 0 aromatic carbocycles. The van der Waals surface area contributed by atoms with Crippen LogP contribution in [0.15, 0.2) is 12.2 Å². The summed E-state index contributed by atoms with van der Waals surface area (Å²) in [7, 11) is 0. The van der Waals surface area contributed by atoms with Crippen molar-refractivity contribution in [2.24, 2.45) is 10.8 Å². The van der Waals surface area contributed by atoms with Crippen LogP contribution in [0.2, 0.25) is 0 Å². The number of ether oxygens (including phenoxy) is 1. The molecule has 0 N–H and O–H groups in total. The van der Waals surface area contributed by atoms with Crippen molar-refractivity contribution >= 4 is 5.97 Å². The fraction of sp³-hybridized carbons (Fsp3) is 0.800. The van der Waals surface area contributed by atoms with E-state index < -0.39 is 0 Å². The molecule has 0 bridgehead atoms. The van der Waals surface area contributed by atoms with Crippen LogP contribution in [-0.4, -0.2) is 11.6 Å².